The zero-order valence-electron chi connectivity index (χ0n) is 13.0. The van der Waals surface area contributed by atoms with E-state index in [4.69, 9.17) is 0 Å². The van der Waals surface area contributed by atoms with E-state index in [0.29, 0.717) is 6.42 Å². The van der Waals surface area contributed by atoms with E-state index in [9.17, 15) is 9.18 Å². The zero-order chi connectivity index (χ0) is 16.8. The van der Waals surface area contributed by atoms with Crippen LogP contribution in [-0.4, -0.2) is 5.91 Å². The Morgan fingerprint density at radius 3 is 1.92 bits per heavy atom. The first-order chi connectivity index (χ1) is 11.7. The number of amides is 1. The molecule has 2 N–H and O–H groups in total. The van der Waals surface area contributed by atoms with Crippen LogP contribution in [0.4, 0.5) is 21.5 Å². The summed E-state index contributed by atoms with van der Waals surface area (Å²) >= 11 is 0. The number of carbonyl (C=O) groups is 1. The number of nitrogens with one attached hydrogen (secondary N) is 2. The molecule has 3 aromatic carbocycles. The Hall–Kier alpha value is -3.14. The lowest BCUT2D eigenvalue weighted by Crippen LogP contribution is -2.14. The summed E-state index contributed by atoms with van der Waals surface area (Å²) in [6.07, 6.45) is 0.344. The van der Waals surface area contributed by atoms with Crippen molar-refractivity contribution < 1.29 is 9.18 Å². The summed E-state index contributed by atoms with van der Waals surface area (Å²) in [4.78, 5) is 12.0. The van der Waals surface area contributed by atoms with Gasteiger partial charge in [0.15, 0.2) is 0 Å². The molecule has 0 spiro atoms. The molecule has 0 aliphatic rings. The van der Waals surface area contributed by atoms with Crippen LogP contribution in [0.25, 0.3) is 0 Å². The van der Waals surface area contributed by atoms with E-state index in [1.807, 2.05) is 54.6 Å². The minimum atomic E-state index is -0.267. The van der Waals surface area contributed by atoms with Crippen LogP contribution < -0.4 is 10.6 Å². The second kappa shape index (κ2) is 7.42. The Morgan fingerprint density at radius 1 is 0.750 bits per heavy atom. The molecule has 0 saturated carbocycles. The van der Waals surface area contributed by atoms with Crippen molar-refractivity contribution in [1.82, 2.24) is 0 Å². The van der Waals surface area contributed by atoms with Crippen molar-refractivity contribution in [3.8, 4) is 0 Å². The van der Waals surface area contributed by atoms with Crippen LogP contribution in [-0.2, 0) is 11.2 Å². The van der Waals surface area contributed by atoms with Gasteiger partial charge in [-0.15, -0.1) is 0 Å². The molecule has 0 aromatic heterocycles. The van der Waals surface area contributed by atoms with Crippen LogP contribution in [0.3, 0.4) is 0 Å². The molecule has 120 valence electrons. The van der Waals surface area contributed by atoms with Crippen LogP contribution in [0.5, 0.6) is 0 Å². The number of hydrogen-bond acceptors (Lipinski definition) is 2. The molecule has 0 aliphatic carbocycles. The molecule has 0 heterocycles. The van der Waals surface area contributed by atoms with Gasteiger partial charge in [-0.2, -0.15) is 0 Å². The summed E-state index contributed by atoms with van der Waals surface area (Å²) in [6.45, 7) is 0. The number of anilines is 3. The summed E-state index contributed by atoms with van der Waals surface area (Å²) in [5.41, 5.74) is 3.38. The molecule has 1 amide bonds. The molecule has 3 aromatic rings. The Bertz CT molecular complexity index is 799. The van der Waals surface area contributed by atoms with Gasteiger partial charge < -0.3 is 10.6 Å². The first kappa shape index (κ1) is 15.7. The van der Waals surface area contributed by atoms with Crippen LogP contribution in [0, 0.1) is 5.82 Å². The van der Waals surface area contributed by atoms with Gasteiger partial charge in [-0.3, -0.25) is 4.79 Å². The molecule has 0 unspecified atom stereocenters. The molecule has 3 rings (SSSR count). The maximum atomic E-state index is 12.9. The van der Waals surface area contributed by atoms with Gasteiger partial charge in [-0.1, -0.05) is 30.3 Å². The van der Waals surface area contributed by atoms with Gasteiger partial charge in [0.1, 0.15) is 5.82 Å². The molecular formula is C20H17FN2O. The Kier molecular flexibility index (Phi) is 4.87. The summed E-state index contributed by atoms with van der Waals surface area (Å²) in [5.74, 6) is -0.322. The summed E-state index contributed by atoms with van der Waals surface area (Å²) in [5, 5.41) is 6.04. The lowest BCUT2D eigenvalue weighted by Gasteiger charge is -2.09. The highest BCUT2D eigenvalue weighted by Gasteiger charge is 2.04. The lowest BCUT2D eigenvalue weighted by molar-refractivity contribution is -0.115. The Balaban J connectivity index is 1.58. The highest BCUT2D eigenvalue weighted by molar-refractivity contribution is 5.92. The Labute approximate surface area is 140 Å². The third-order valence-electron chi connectivity index (χ3n) is 3.51. The van der Waals surface area contributed by atoms with Gasteiger partial charge >= 0.3 is 0 Å². The molecule has 0 fully saturated rings. The van der Waals surface area contributed by atoms with Gasteiger partial charge in [0.2, 0.25) is 5.91 Å². The fourth-order valence-electron chi connectivity index (χ4n) is 2.32. The average molecular weight is 320 g/mol. The molecule has 4 heteroatoms. The fourth-order valence-corrected chi connectivity index (χ4v) is 2.32. The minimum Gasteiger partial charge on any atom is -0.356 e. The summed E-state index contributed by atoms with van der Waals surface area (Å²) in [6, 6.07) is 23.1. The second-order valence-electron chi connectivity index (χ2n) is 5.42. The van der Waals surface area contributed by atoms with Crippen molar-refractivity contribution in [2.45, 2.75) is 6.42 Å². The molecule has 3 nitrogen and oxygen atoms in total. The van der Waals surface area contributed by atoms with Crippen molar-refractivity contribution >= 4 is 23.0 Å². The third-order valence-corrected chi connectivity index (χ3v) is 3.51. The predicted octanol–water partition coefficient (Wildman–Crippen LogP) is 4.75. The summed E-state index contributed by atoms with van der Waals surface area (Å²) < 4.78 is 12.9. The SMILES string of the molecule is O=C(Cc1ccccc1)Nc1ccc(Nc2ccc(F)cc2)cc1. The van der Waals surface area contributed by atoms with Crippen molar-refractivity contribution in [3.63, 3.8) is 0 Å². The number of rotatable bonds is 5. The molecule has 0 radical (unpaired) electrons. The van der Waals surface area contributed by atoms with Gasteiger partial charge in [-0.25, -0.2) is 4.39 Å². The minimum absolute atomic E-state index is 0.0551. The van der Waals surface area contributed by atoms with Crippen LogP contribution >= 0.6 is 0 Å². The van der Waals surface area contributed by atoms with Gasteiger partial charge in [0.25, 0.3) is 0 Å². The van der Waals surface area contributed by atoms with E-state index < -0.39 is 0 Å². The van der Waals surface area contributed by atoms with Crippen LogP contribution in [0.15, 0.2) is 78.9 Å². The van der Waals surface area contributed by atoms with E-state index in [0.717, 1.165) is 22.6 Å². The normalized spacial score (nSPS) is 10.2. The zero-order valence-corrected chi connectivity index (χ0v) is 13.0. The van der Waals surface area contributed by atoms with Crippen LogP contribution in [0.1, 0.15) is 5.56 Å². The topological polar surface area (TPSA) is 41.1 Å². The average Bonchev–Trinajstić information content (AvgIpc) is 2.59. The van der Waals surface area contributed by atoms with Gasteiger partial charge in [-0.05, 0) is 54.1 Å². The predicted molar refractivity (Wildman–Crippen MR) is 94.9 cm³/mol. The van der Waals surface area contributed by atoms with E-state index >= 15 is 0 Å². The third kappa shape index (κ3) is 4.43. The van der Waals surface area contributed by atoms with Crippen molar-refractivity contribution in [1.29, 1.82) is 0 Å². The highest BCUT2D eigenvalue weighted by atomic mass is 19.1. The quantitative estimate of drug-likeness (QED) is 0.712. The lowest BCUT2D eigenvalue weighted by atomic mass is 10.1. The fraction of sp³-hybridized carbons (Fsp3) is 0.0500. The van der Waals surface area contributed by atoms with Gasteiger partial charge in [0, 0.05) is 17.1 Å². The van der Waals surface area contributed by atoms with Gasteiger partial charge in [0.05, 0.1) is 6.42 Å². The van der Waals surface area contributed by atoms with Crippen molar-refractivity contribution in [2.75, 3.05) is 10.6 Å². The monoisotopic (exact) mass is 320 g/mol. The standard InChI is InChI=1S/C20H17FN2O/c21-16-6-8-17(9-7-16)22-18-10-12-19(13-11-18)23-20(24)14-15-4-2-1-3-5-15/h1-13,22H,14H2,(H,23,24). The highest BCUT2D eigenvalue weighted by Crippen LogP contribution is 2.19. The van der Waals surface area contributed by atoms with E-state index in [-0.39, 0.29) is 11.7 Å². The van der Waals surface area contributed by atoms with Crippen molar-refractivity contribution in [3.05, 3.63) is 90.2 Å². The summed E-state index contributed by atoms with van der Waals surface area (Å²) in [7, 11) is 0. The Morgan fingerprint density at radius 2 is 1.29 bits per heavy atom. The van der Waals surface area contributed by atoms with Crippen molar-refractivity contribution in [2.24, 2.45) is 0 Å². The molecule has 0 aliphatic heterocycles. The largest absolute Gasteiger partial charge is 0.356 e. The smallest absolute Gasteiger partial charge is 0.228 e. The molecular weight excluding hydrogens is 303 g/mol. The molecule has 24 heavy (non-hydrogen) atoms. The molecule has 0 atom stereocenters. The maximum absolute atomic E-state index is 12.9. The number of benzene rings is 3. The van der Waals surface area contributed by atoms with E-state index in [1.54, 1.807) is 12.1 Å². The second-order valence-corrected chi connectivity index (χ2v) is 5.42. The van der Waals surface area contributed by atoms with Crippen LogP contribution in [0.2, 0.25) is 0 Å². The molecule has 0 bridgehead atoms. The van der Waals surface area contributed by atoms with E-state index in [1.165, 1.54) is 12.1 Å². The molecule has 0 saturated heterocycles. The maximum Gasteiger partial charge on any atom is 0.228 e. The number of carbonyl (C=O) groups excluding carboxylic acids is 1. The first-order valence-corrected chi connectivity index (χ1v) is 7.65. The van der Waals surface area contributed by atoms with E-state index in [2.05, 4.69) is 10.6 Å². The first-order valence-electron chi connectivity index (χ1n) is 7.65. The number of halogens is 1. The number of hydrogen-bond donors (Lipinski definition) is 2.